The predicted molar refractivity (Wildman–Crippen MR) is 154 cm³/mol. The van der Waals surface area contributed by atoms with Crippen LogP contribution < -0.4 is 9.62 Å². The Morgan fingerprint density at radius 1 is 0.975 bits per heavy atom. The van der Waals surface area contributed by atoms with Crippen molar-refractivity contribution in [1.82, 2.24) is 10.2 Å². The topological polar surface area (TPSA) is 86.8 Å². The highest BCUT2D eigenvalue weighted by Gasteiger charge is 2.33. The third-order valence-electron chi connectivity index (χ3n) is 6.93. The number of nitrogens with one attached hydrogen (secondary N) is 1. The van der Waals surface area contributed by atoms with Crippen molar-refractivity contribution >= 4 is 50.7 Å². The fourth-order valence-electron chi connectivity index (χ4n) is 4.67. The number of hydrogen-bond donors (Lipinski definition) is 1. The van der Waals surface area contributed by atoms with Crippen molar-refractivity contribution in [3.63, 3.8) is 0 Å². The number of rotatable bonds is 10. The molecule has 4 rings (SSSR count). The van der Waals surface area contributed by atoms with Crippen LogP contribution in [-0.2, 0) is 26.2 Å². The monoisotopic (exact) mass is 605 g/mol. The zero-order valence-electron chi connectivity index (χ0n) is 21.9. The molecule has 0 radical (unpaired) electrons. The van der Waals surface area contributed by atoms with Gasteiger partial charge in [0.1, 0.15) is 18.4 Å². The molecule has 3 aromatic carbocycles. The lowest BCUT2D eigenvalue weighted by Crippen LogP contribution is -2.52. The molecule has 1 aliphatic carbocycles. The summed E-state index contributed by atoms with van der Waals surface area (Å²) in [6, 6.07) is 16.6. The molecule has 212 valence electrons. The third-order valence-corrected chi connectivity index (χ3v) is 9.46. The highest BCUT2D eigenvalue weighted by Crippen LogP contribution is 2.26. The first-order chi connectivity index (χ1) is 19.1. The van der Waals surface area contributed by atoms with Crippen molar-refractivity contribution in [3.8, 4) is 0 Å². The van der Waals surface area contributed by atoms with E-state index in [0.717, 1.165) is 54.3 Å². The van der Waals surface area contributed by atoms with Gasteiger partial charge in [-0.25, -0.2) is 12.8 Å². The Kier molecular flexibility index (Phi) is 9.71. The maximum absolute atomic E-state index is 13.9. The summed E-state index contributed by atoms with van der Waals surface area (Å²) in [4.78, 5) is 28.3. The zero-order chi connectivity index (χ0) is 28.9. The van der Waals surface area contributed by atoms with Gasteiger partial charge in [0.25, 0.3) is 10.0 Å². The van der Waals surface area contributed by atoms with Crippen LogP contribution in [0.2, 0.25) is 10.0 Å². The van der Waals surface area contributed by atoms with Crippen LogP contribution >= 0.6 is 23.2 Å². The molecule has 40 heavy (non-hydrogen) atoms. The molecule has 0 unspecified atom stereocenters. The Labute approximate surface area is 243 Å². The van der Waals surface area contributed by atoms with Gasteiger partial charge < -0.3 is 10.2 Å². The Bertz CT molecular complexity index is 1450. The summed E-state index contributed by atoms with van der Waals surface area (Å²) in [6.07, 6.45) is 3.80. The smallest absolute Gasteiger partial charge is 0.264 e. The number of nitrogens with zero attached hydrogens (tertiary/aromatic N) is 2. The van der Waals surface area contributed by atoms with Gasteiger partial charge in [0, 0.05) is 12.6 Å². The standard InChI is InChI=1S/C29H30Cl2FN3O4S/c1-20(29(37)33-23-7-5-6-8-23)34(18-21-11-16-26(30)27(31)17-21)28(36)19-35(24-9-3-2-4-10-24)40(38,39)25-14-12-22(32)13-15-25/h2-4,9-17,20,23H,5-8,18-19H2,1H3,(H,33,37)/t20-/m1/s1. The van der Waals surface area contributed by atoms with E-state index in [-0.39, 0.29) is 29.1 Å². The number of halogens is 3. The van der Waals surface area contributed by atoms with Gasteiger partial charge in [0.05, 0.1) is 20.6 Å². The normalized spacial score (nSPS) is 14.5. The molecule has 7 nitrogen and oxygen atoms in total. The molecule has 0 heterocycles. The van der Waals surface area contributed by atoms with Gasteiger partial charge in [-0.1, -0.05) is 60.3 Å². The molecule has 1 saturated carbocycles. The lowest BCUT2D eigenvalue weighted by atomic mass is 10.1. The number of carbonyl (C=O) groups excluding carboxylic acids is 2. The number of anilines is 1. The molecule has 11 heteroatoms. The third kappa shape index (κ3) is 7.13. The second-order valence-corrected chi connectivity index (χ2v) is 12.4. The van der Waals surface area contributed by atoms with E-state index in [1.54, 1.807) is 55.5 Å². The Balaban J connectivity index is 1.67. The molecule has 1 fully saturated rings. The number of amides is 2. The van der Waals surface area contributed by atoms with E-state index in [1.165, 1.54) is 4.90 Å². The summed E-state index contributed by atoms with van der Waals surface area (Å²) in [7, 11) is -4.27. The maximum atomic E-state index is 13.9. The van der Waals surface area contributed by atoms with Crippen LogP contribution in [-0.4, -0.2) is 43.8 Å². The molecule has 1 atom stereocenters. The van der Waals surface area contributed by atoms with E-state index in [2.05, 4.69) is 5.32 Å². The van der Waals surface area contributed by atoms with E-state index in [9.17, 15) is 22.4 Å². The van der Waals surface area contributed by atoms with Gasteiger partial charge >= 0.3 is 0 Å². The largest absolute Gasteiger partial charge is 0.352 e. The average Bonchev–Trinajstić information content (AvgIpc) is 3.45. The van der Waals surface area contributed by atoms with Gasteiger partial charge in [-0.05, 0) is 73.9 Å². The van der Waals surface area contributed by atoms with Crippen LogP contribution in [0.15, 0.2) is 77.7 Å². The van der Waals surface area contributed by atoms with Crippen LogP contribution in [0.1, 0.15) is 38.2 Å². The molecule has 0 saturated heterocycles. The SMILES string of the molecule is C[C@H](C(=O)NC1CCCC1)N(Cc1ccc(Cl)c(Cl)c1)C(=O)CN(c1ccccc1)S(=O)(=O)c1ccc(F)cc1. The van der Waals surface area contributed by atoms with Crippen molar-refractivity contribution in [2.75, 3.05) is 10.8 Å². The first kappa shape index (κ1) is 29.8. The summed E-state index contributed by atoms with van der Waals surface area (Å²) in [6.45, 7) is 1.02. The minimum absolute atomic E-state index is 0.00575. The van der Waals surface area contributed by atoms with Crippen molar-refractivity contribution in [2.45, 2.75) is 56.1 Å². The molecule has 1 aliphatic rings. The molecule has 0 aromatic heterocycles. The Hall–Kier alpha value is -3.14. The van der Waals surface area contributed by atoms with Crippen LogP contribution in [0, 0.1) is 5.82 Å². The molecule has 2 amide bonds. The highest BCUT2D eigenvalue weighted by molar-refractivity contribution is 7.92. The number of benzene rings is 3. The number of para-hydroxylation sites is 1. The Morgan fingerprint density at radius 2 is 1.62 bits per heavy atom. The van der Waals surface area contributed by atoms with E-state index < -0.39 is 34.3 Å². The van der Waals surface area contributed by atoms with Crippen molar-refractivity contribution < 1.29 is 22.4 Å². The highest BCUT2D eigenvalue weighted by atomic mass is 35.5. The van der Waals surface area contributed by atoms with Gasteiger partial charge in [0.15, 0.2) is 0 Å². The molecule has 3 aromatic rings. The van der Waals surface area contributed by atoms with E-state index in [4.69, 9.17) is 23.2 Å². The lowest BCUT2D eigenvalue weighted by molar-refractivity contribution is -0.139. The summed E-state index contributed by atoms with van der Waals surface area (Å²) in [5.41, 5.74) is 0.869. The predicted octanol–water partition coefficient (Wildman–Crippen LogP) is 5.80. The van der Waals surface area contributed by atoms with Crippen LogP contribution in [0.4, 0.5) is 10.1 Å². The summed E-state index contributed by atoms with van der Waals surface area (Å²) in [5, 5.41) is 3.65. The molecule has 0 aliphatic heterocycles. The molecular weight excluding hydrogens is 576 g/mol. The number of carbonyl (C=O) groups is 2. The average molecular weight is 607 g/mol. The van der Waals surface area contributed by atoms with Gasteiger partial charge in [-0.2, -0.15) is 0 Å². The van der Waals surface area contributed by atoms with Crippen LogP contribution in [0.5, 0.6) is 0 Å². The van der Waals surface area contributed by atoms with Crippen molar-refractivity contribution in [3.05, 3.63) is 94.2 Å². The number of sulfonamides is 1. The lowest BCUT2D eigenvalue weighted by Gasteiger charge is -2.32. The van der Waals surface area contributed by atoms with Crippen molar-refractivity contribution in [1.29, 1.82) is 0 Å². The minimum atomic E-state index is -4.27. The molecule has 0 spiro atoms. The quantitative estimate of drug-likeness (QED) is 0.316. The maximum Gasteiger partial charge on any atom is 0.264 e. The van der Waals surface area contributed by atoms with E-state index in [1.807, 2.05) is 0 Å². The molecule has 1 N–H and O–H groups in total. The molecule has 0 bridgehead atoms. The Morgan fingerprint density at radius 3 is 2.25 bits per heavy atom. The van der Waals surface area contributed by atoms with Gasteiger partial charge in [0.2, 0.25) is 11.8 Å². The molecular formula is C29H30Cl2FN3O4S. The fraction of sp³-hybridized carbons (Fsp3) is 0.310. The second-order valence-electron chi connectivity index (χ2n) is 9.74. The fourth-order valence-corrected chi connectivity index (χ4v) is 6.40. The zero-order valence-corrected chi connectivity index (χ0v) is 24.2. The van der Waals surface area contributed by atoms with Crippen molar-refractivity contribution in [2.24, 2.45) is 0 Å². The van der Waals surface area contributed by atoms with Gasteiger partial charge in [-0.15, -0.1) is 0 Å². The van der Waals surface area contributed by atoms with Crippen LogP contribution in [0.25, 0.3) is 0 Å². The second kappa shape index (κ2) is 13.0. The first-order valence-electron chi connectivity index (χ1n) is 12.9. The first-order valence-corrected chi connectivity index (χ1v) is 15.1. The van der Waals surface area contributed by atoms with Crippen LogP contribution in [0.3, 0.4) is 0 Å². The summed E-state index contributed by atoms with van der Waals surface area (Å²) < 4.78 is 41.9. The van der Waals surface area contributed by atoms with E-state index in [0.29, 0.717) is 15.6 Å². The summed E-state index contributed by atoms with van der Waals surface area (Å²) in [5.74, 6) is -1.51. The summed E-state index contributed by atoms with van der Waals surface area (Å²) >= 11 is 12.3. The number of hydrogen-bond acceptors (Lipinski definition) is 4. The minimum Gasteiger partial charge on any atom is -0.352 e. The van der Waals surface area contributed by atoms with Gasteiger partial charge in [-0.3, -0.25) is 13.9 Å². The van der Waals surface area contributed by atoms with E-state index >= 15 is 0 Å².